The molecule has 0 aliphatic carbocycles. The number of hydrogen-bond donors (Lipinski definition) is 1. The molecule has 0 fully saturated rings. The zero-order valence-corrected chi connectivity index (χ0v) is 7.18. The van der Waals surface area contributed by atoms with Gasteiger partial charge in [0.25, 0.3) is 0 Å². The normalized spacial score (nSPS) is 11.1. The number of nitrogens with zero attached hydrogens (tertiary/aromatic N) is 2. The van der Waals surface area contributed by atoms with E-state index in [1.54, 1.807) is 0 Å². The van der Waals surface area contributed by atoms with Crippen LogP contribution in [0.15, 0.2) is 30.5 Å². The molecule has 1 heterocycles. The summed E-state index contributed by atoms with van der Waals surface area (Å²) in [6, 6.07) is 7.47. The maximum absolute atomic E-state index is 10.1. The quantitative estimate of drug-likeness (QED) is 0.578. The summed E-state index contributed by atoms with van der Waals surface area (Å²) in [7, 11) is 0. The van der Waals surface area contributed by atoms with Gasteiger partial charge >= 0.3 is 0 Å². The second-order valence-electron chi connectivity index (χ2n) is 2.76. The molecule has 0 aliphatic rings. The lowest BCUT2D eigenvalue weighted by Crippen LogP contribution is -1.82. The van der Waals surface area contributed by atoms with E-state index in [0.717, 1.165) is 17.1 Å². The van der Waals surface area contributed by atoms with Crippen molar-refractivity contribution in [3.05, 3.63) is 46.3 Å². The molecule has 1 aromatic carbocycles. The number of aromatic amines is 1. The highest BCUT2D eigenvalue weighted by atomic mass is 16.6. The third kappa shape index (κ3) is 1.47. The predicted octanol–water partition coefficient (Wildman–Crippen LogP) is 1.81. The smallest absolute Gasteiger partial charge is 0.236 e. The number of para-hydroxylation sites is 1. The highest BCUT2D eigenvalue weighted by molar-refractivity contribution is 5.86. The number of hydrogen-bond acceptors (Lipinski definition) is 3. The van der Waals surface area contributed by atoms with Gasteiger partial charge in [0.15, 0.2) is 0 Å². The van der Waals surface area contributed by atoms with E-state index in [4.69, 9.17) is 0 Å². The fraction of sp³-hybridized carbons (Fsp3) is 0. The summed E-state index contributed by atoms with van der Waals surface area (Å²) in [5.41, 5.74) is 1.45. The molecule has 5 nitrogen and oxygen atoms in total. The van der Waals surface area contributed by atoms with E-state index in [1.807, 2.05) is 24.3 Å². The molecule has 5 heteroatoms. The standard InChI is InChI=1S/C9H7N3O2/c13-12(14)6-5-9-7-3-1-2-4-8(7)10-11-9/h1-6H,(H,10,11)/b6-5+. The lowest BCUT2D eigenvalue weighted by atomic mass is 10.2. The van der Waals surface area contributed by atoms with Crippen molar-refractivity contribution in [1.82, 2.24) is 10.2 Å². The maximum Gasteiger partial charge on any atom is 0.236 e. The molecule has 0 atom stereocenters. The minimum atomic E-state index is -0.510. The number of aromatic nitrogens is 2. The van der Waals surface area contributed by atoms with Crippen molar-refractivity contribution in [3.8, 4) is 0 Å². The first-order chi connectivity index (χ1) is 6.77. The van der Waals surface area contributed by atoms with Crippen LogP contribution in [0.3, 0.4) is 0 Å². The highest BCUT2D eigenvalue weighted by Crippen LogP contribution is 2.15. The number of H-pyrrole nitrogens is 1. The maximum atomic E-state index is 10.1. The van der Waals surface area contributed by atoms with Crippen LogP contribution in [0, 0.1) is 10.1 Å². The number of benzene rings is 1. The van der Waals surface area contributed by atoms with Crippen LogP contribution in [-0.2, 0) is 0 Å². The van der Waals surface area contributed by atoms with Gasteiger partial charge in [-0.15, -0.1) is 0 Å². The monoisotopic (exact) mass is 189 g/mol. The van der Waals surface area contributed by atoms with Crippen LogP contribution >= 0.6 is 0 Å². The van der Waals surface area contributed by atoms with Gasteiger partial charge in [-0.2, -0.15) is 5.10 Å². The lowest BCUT2D eigenvalue weighted by Gasteiger charge is -1.86. The Hall–Kier alpha value is -2.17. The summed E-state index contributed by atoms with van der Waals surface area (Å²) >= 11 is 0. The van der Waals surface area contributed by atoms with Crippen LogP contribution in [0.1, 0.15) is 5.69 Å². The third-order valence-corrected chi connectivity index (χ3v) is 1.85. The van der Waals surface area contributed by atoms with Crippen LogP contribution < -0.4 is 0 Å². The van der Waals surface area contributed by atoms with Gasteiger partial charge < -0.3 is 0 Å². The second-order valence-corrected chi connectivity index (χ2v) is 2.76. The summed E-state index contributed by atoms with van der Waals surface area (Å²) in [5, 5.41) is 17.7. The molecule has 0 bridgehead atoms. The molecule has 2 rings (SSSR count). The lowest BCUT2D eigenvalue weighted by molar-refractivity contribution is -0.400. The Labute approximate surface area is 79.2 Å². The topological polar surface area (TPSA) is 71.8 Å². The van der Waals surface area contributed by atoms with Gasteiger partial charge in [0, 0.05) is 11.5 Å². The van der Waals surface area contributed by atoms with Gasteiger partial charge in [-0.25, -0.2) is 0 Å². The molecule has 0 unspecified atom stereocenters. The van der Waals surface area contributed by atoms with Gasteiger partial charge in [-0.3, -0.25) is 15.2 Å². The molecular formula is C9H7N3O2. The first-order valence-corrected chi connectivity index (χ1v) is 4.02. The first-order valence-electron chi connectivity index (χ1n) is 4.02. The van der Waals surface area contributed by atoms with Crippen LogP contribution in [0.25, 0.3) is 17.0 Å². The summed E-state index contributed by atoms with van der Waals surface area (Å²) in [6.07, 6.45) is 2.25. The molecule has 14 heavy (non-hydrogen) atoms. The van der Waals surface area contributed by atoms with Crippen molar-refractivity contribution < 1.29 is 4.92 Å². The predicted molar refractivity (Wildman–Crippen MR) is 52.1 cm³/mol. The Bertz CT molecular complexity index is 501. The van der Waals surface area contributed by atoms with Crippen molar-refractivity contribution >= 4 is 17.0 Å². The molecule has 1 N–H and O–H groups in total. The van der Waals surface area contributed by atoms with Crippen molar-refractivity contribution in [2.45, 2.75) is 0 Å². The van der Waals surface area contributed by atoms with Crippen molar-refractivity contribution in [2.24, 2.45) is 0 Å². The molecule has 0 saturated heterocycles. The molecule has 0 saturated carbocycles. The van der Waals surface area contributed by atoms with E-state index in [0.29, 0.717) is 5.69 Å². The minimum Gasteiger partial charge on any atom is -0.277 e. The SMILES string of the molecule is O=[N+]([O-])/C=C/c1n[nH]c2ccccc12. The molecule has 1 aromatic heterocycles. The Kier molecular flexibility index (Phi) is 1.98. The molecule has 0 radical (unpaired) electrons. The number of nitrogens with one attached hydrogen (secondary N) is 1. The summed E-state index contributed by atoms with van der Waals surface area (Å²) < 4.78 is 0. The third-order valence-electron chi connectivity index (χ3n) is 1.85. The average Bonchev–Trinajstić information content (AvgIpc) is 2.58. The highest BCUT2D eigenvalue weighted by Gasteiger charge is 2.01. The van der Waals surface area contributed by atoms with Crippen LogP contribution in [0.5, 0.6) is 0 Å². The van der Waals surface area contributed by atoms with Crippen molar-refractivity contribution in [1.29, 1.82) is 0 Å². The van der Waals surface area contributed by atoms with E-state index in [1.165, 1.54) is 6.08 Å². The van der Waals surface area contributed by atoms with Gasteiger partial charge in [-0.05, 0) is 6.07 Å². The van der Waals surface area contributed by atoms with Crippen molar-refractivity contribution in [3.63, 3.8) is 0 Å². The van der Waals surface area contributed by atoms with Crippen molar-refractivity contribution in [2.75, 3.05) is 0 Å². The molecule has 0 amide bonds. The van der Waals surface area contributed by atoms with Crippen LogP contribution in [0.4, 0.5) is 0 Å². The zero-order chi connectivity index (χ0) is 9.97. The molecular weight excluding hydrogens is 182 g/mol. The fourth-order valence-electron chi connectivity index (χ4n) is 1.24. The number of rotatable bonds is 2. The summed E-state index contributed by atoms with van der Waals surface area (Å²) in [6.45, 7) is 0. The van der Waals surface area contributed by atoms with E-state index in [-0.39, 0.29) is 0 Å². The van der Waals surface area contributed by atoms with Crippen LogP contribution in [0.2, 0.25) is 0 Å². The number of nitro groups is 1. The van der Waals surface area contributed by atoms with Gasteiger partial charge in [0.2, 0.25) is 6.20 Å². The largest absolute Gasteiger partial charge is 0.277 e. The van der Waals surface area contributed by atoms with E-state index in [2.05, 4.69) is 10.2 Å². The van der Waals surface area contributed by atoms with E-state index < -0.39 is 4.92 Å². The Morgan fingerprint density at radius 1 is 1.43 bits per heavy atom. The van der Waals surface area contributed by atoms with Crippen LogP contribution in [-0.4, -0.2) is 15.1 Å². The molecule has 2 aromatic rings. The van der Waals surface area contributed by atoms with Gasteiger partial charge in [-0.1, -0.05) is 18.2 Å². The summed E-state index contributed by atoms with van der Waals surface area (Å²) in [5.74, 6) is 0. The molecule has 0 spiro atoms. The number of fused-ring (bicyclic) bond motifs is 1. The fourth-order valence-corrected chi connectivity index (χ4v) is 1.24. The van der Waals surface area contributed by atoms with E-state index >= 15 is 0 Å². The molecule has 70 valence electrons. The minimum absolute atomic E-state index is 0.510. The van der Waals surface area contributed by atoms with Gasteiger partial charge in [0.1, 0.15) is 0 Å². The second kappa shape index (κ2) is 3.29. The van der Waals surface area contributed by atoms with Gasteiger partial charge in [0.05, 0.1) is 16.1 Å². The Morgan fingerprint density at radius 3 is 3.00 bits per heavy atom. The summed E-state index contributed by atoms with van der Waals surface area (Å²) in [4.78, 5) is 9.60. The Balaban J connectivity index is 2.48. The molecule has 0 aliphatic heterocycles. The van der Waals surface area contributed by atoms with E-state index in [9.17, 15) is 10.1 Å². The zero-order valence-electron chi connectivity index (χ0n) is 7.18. The Morgan fingerprint density at radius 2 is 2.21 bits per heavy atom. The first kappa shape index (κ1) is 8.43. The average molecular weight is 189 g/mol.